The second-order valence-corrected chi connectivity index (χ2v) is 6.37. The number of rotatable bonds is 5. The molecule has 0 atom stereocenters. The van der Waals surface area contributed by atoms with Crippen LogP contribution >= 0.6 is 0 Å². The fourth-order valence-corrected chi connectivity index (χ4v) is 3.27. The van der Waals surface area contributed by atoms with Crippen molar-refractivity contribution in [2.45, 2.75) is 19.3 Å². The van der Waals surface area contributed by atoms with Crippen LogP contribution in [0.15, 0.2) is 54.9 Å². The van der Waals surface area contributed by atoms with Gasteiger partial charge < -0.3 is 9.14 Å². The molecule has 2 aromatic heterocycles. The highest BCUT2D eigenvalue weighted by Gasteiger charge is 2.09. The smallest absolute Gasteiger partial charge is 0.137 e. The first-order chi connectivity index (χ1) is 11.9. The molecule has 4 nitrogen and oxygen atoms in total. The van der Waals surface area contributed by atoms with Crippen LogP contribution in [-0.4, -0.2) is 40.5 Å². The van der Waals surface area contributed by atoms with E-state index in [1.165, 1.54) is 32.4 Å². The number of piperidine rings is 1. The Bertz CT molecular complexity index is 755. The van der Waals surface area contributed by atoms with Gasteiger partial charge in [-0.2, -0.15) is 0 Å². The summed E-state index contributed by atoms with van der Waals surface area (Å²) in [4.78, 5) is 7.15. The van der Waals surface area contributed by atoms with Crippen molar-refractivity contribution in [3.8, 4) is 17.0 Å². The zero-order chi connectivity index (χ0) is 16.2. The molecule has 0 aliphatic carbocycles. The number of hydrogen-bond acceptors (Lipinski definition) is 3. The Morgan fingerprint density at radius 3 is 2.58 bits per heavy atom. The minimum Gasteiger partial charge on any atom is -0.492 e. The minimum absolute atomic E-state index is 0.758. The lowest BCUT2D eigenvalue weighted by Crippen LogP contribution is -2.33. The maximum Gasteiger partial charge on any atom is 0.137 e. The molecule has 0 saturated carbocycles. The number of aromatic nitrogens is 2. The third-order valence-electron chi connectivity index (χ3n) is 4.64. The van der Waals surface area contributed by atoms with Gasteiger partial charge in [-0.05, 0) is 62.3 Å². The summed E-state index contributed by atoms with van der Waals surface area (Å²) in [6, 6.07) is 14.3. The Labute approximate surface area is 142 Å². The van der Waals surface area contributed by atoms with Gasteiger partial charge in [0, 0.05) is 24.5 Å². The van der Waals surface area contributed by atoms with Gasteiger partial charge in [-0.1, -0.05) is 12.5 Å². The molecule has 1 aliphatic rings. The van der Waals surface area contributed by atoms with Crippen molar-refractivity contribution in [1.29, 1.82) is 0 Å². The molecule has 3 aromatic rings. The maximum absolute atomic E-state index is 5.89. The second kappa shape index (κ2) is 7.05. The zero-order valence-electron chi connectivity index (χ0n) is 13.9. The van der Waals surface area contributed by atoms with Crippen molar-refractivity contribution in [2.75, 3.05) is 26.2 Å². The minimum atomic E-state index is 0.758. The van der Waals surface area contributed by atoms with E-state index in [0.29, 0.717) is 0 Å². The maximum atomic E-state index is 5.89. The first-order valence-corrected chi connectivity index (χ1v) is 8.78. The zero-order valence-corrected chi connectivity index (χ0v) is 13.9. The molecule has 4 rings (SSSR count). The molecule has 1 aliphatic heterocycles. The summed E-state index contributed by atoms with van der Waals surface area (Å²) in [5.74, 6) is 0.930. The molecule has 0 amide bonds. The van der Waals surface area contributed by atoms with Crippen LogP contribution in [0.2, 0.25) is 0 Å². The van der Waals surface area contributed by atoms with E-state index in [1.807, 2.05) is 40.9 Å². The molecule has 0 bridgehead atoms. The third kappa shape index (κ3) is 3.44. The molecule has 1 aromatic carbocycles. The molecule has 1 fully saturated rings. The summed E-state index contributed by atoms with van der Waals surface area (Å²) < 4.78 is 7.93. The highest BCUT2D eigenvalue weighted by Crippen LogP contribution is 2.22. The third-order valence-corrected chi connectivity index (χ3v) is 4.64. The molecule has 3 heterocycles. The van der Waals surface area contributed by atoms with E-state index in [9.17, 15) is 0 Å². The lowest BCUT2D eigenvalue weighted by atomic mass is 10.1. The van der Waals surface area contributed by atoms with E-state index >= 15 is 0 Å². The quantitative estimate of drug-likeness (QED) is 0.714. The Hall–Kier alpha value is -2.33. The molecule has 124 valence electrons. The van der Waals surface area contributed by atoms with Crippen LogP contribution in [0.25, 0.3) is 16.9 Å². The van der Waals surface area contributed by atoms with Crippen molar-refractivity contribution in [3.05, 3.63) is 54.9 Å². The van der Waals surface area contributed by atoms with Gasteiger partial charge in [-0.3, -0.25) is 4.90 Å². The number of ether oxygens (including phenoxy) is 1. The van der Waals surface area contributed by atoms with E-state index in [-0.39, 0.29) is 0 Å². The van der Waals surface area contributed by atoms with Gasteiger partial charge in [-0.25, -0.2) is 4.98 Å². The summed E-state index contributed by atoms with van der Waals surface area (Å²) in [6.07, 6.45) is 8.11. The lowest BCUT2D eigenvalue weighted by Gasteiger charge is -2.26. The first-order valence-electron chi connectivity index (χ1n) is 8.78. The van der Waals surface area contributed by atoms with Gasteiger partial charge in [0.1, 0.15) is 18.0 Å². The lowest BCUT2D eigenvalue weighted by molar-refractivity contribution is 0.183. The van der Waals surface area contributed by atoms with Crippen molar-refractivity contribution in [3.63, 3.8) is 0 Å². The largest absolute Gasteiger partial charge is 0.492 e. The monoisotopic (exact) mass is 321 g/mol. The van der Waals surface area contributed by atoms with Gasteiger partial charge in [0.25, 0.3) is 0 Å². The summed E-state index contributed by atoms with van der Waals surface area (Å²) in [6.45, 7) is 4.22. The molecule has 0 N–H and O–H groups in total. The fraction of sp³-hybridized carbons (Fsp3) is 0.350. The van der Waals surface area contributed by atoms with Crippen LogP contribution in [0.4, 0.5) is 0 Å². The fourth-order valence-electron chi connectivity index (χ4n) is 3.27. The van der Waals surface area contributed by atoms with Crippen molar-refractivity contribution >= 4 is 5.65 Å². The standard InChI is InChI=1S/C20H23N3O/c1-3-11-22(12-4-1)14-15-24-18-9-7-17(8-10-18)19-16-23-13-5-2-6-20(23)21-19/h2,5-10,13,16H,1,3-4,11-12,14-15H2. The van der Waals surface area contributed by atoms with E-state index < -0.39 is 0 Å². The highest BCUT2D eigenvalue weighted by atomic mass is 16.5. The highest BCUT2D eigenvalue weighted by molar-refractivity contribution is 5.63. The summed E-state index contributed by atoms with van der Waals surface area (Å²) in [5, 5.41) is 0. The average molecular weight is 321 g/mol. The number of imidazole rings is 1. The molecule has 0 radical (unpaired) electrons. The SMILES string of the molecule is c1ccn2cc(-c3ccc(OCCN4CCCCC4)cc3)nc2c1. The summed E-state index contributed by atoms with van der Waals surface area (Å²) in [5.41, 5.74) is 3.07. The van der Waals surface area contributed by atoms with Crippen LogP contribution < -0.4 is 4.74 Å². The number of fused-ring (bicyclic) bond motifs is 1. The second-order valence-electron chi connectivity index (χ2n) is 6.37. The predicted octanol–water partition coefficient (Wildman–Crippen LogP) is 3.87. The normalized spacial score (nSPS) is 15.7. The van der Waals surface area contributed by atoms with Crippen LogP contribution in [0.1, 0.15) is 19.3 Å². The van der Waals surface area contributed by atoms with Gasteiger partial charge >= 0.3 is 0 Å². The Morgan fingerprint density at radius 2 is 1.79 bits per heavy atom. The number of pyridine rings is 1. The van der Waals surface area contributed by atoms with E-state index in [0.717, 1.165) is 35.8 Å². The van der Waals surface area contributed by atoms with Crippen molar-refractivity contribution in [2.24, 2.45) is 0 Å². The molecule has 1 saturated heterocycles. The van der Waals surface area contributed by atoms with E-state index in [4.69, 9.17) is 4.74 Å². The topological polar surface area (TPSA) is 29.8 Å². The van der Waals surface area contributed by atoms with Crippen LogP contribution in [0.3, 0.4) is 0 Å². The van der Waals surface area contributed by atoms with Gasteiger partial charge in [0.2, 0.25) is 0 Å². The molecular formula is C20H23N3O. The van der Waals surface area contributed by atoms with Crippen LogP contribution in [-0.2, 0) is 0 Å². The number of hydrogen-bond donors (Lipinski definition) is 0. The Morgan fingerprint density at radius 1 is 0.958 bits per heavy atom. The molecule has 4 heteroatoms. The molecule has 24 heavy (non-hydrogen) atoms. The molecule has 0 spiro atoms. The Balaban J connectivity index is 1.37. The van der Waals surface area contributed by atoms with E-state index in [1.54, 1.807) is 0 Å². The number of likely N-dealkylation sites (tertiary alicyclic amines) is 1. The predicted molar refractivity (Wildman–Crippen MR) is 96.4 cm³/mol. The molecular weight excluding hydrogens is 298 g/mol. The Kier molecular flexibility index (Phi) is 4.47. The van der Waals surface area contributed by atoms with Gasteiger partial charge in [0.15, 0.2) is 0 Å². The average Bonchev–Trinajstić information content (AvgIpc) is 3.07. The molecule has 0 unspecified atom stereocenters. The van der Waals surface area contributed by atoms with Gasteiger partial charge in [-0.15, -0.1) is 0 Å². The van der Waals surface area contributed by atoms with Crippen molar-refractivity contribution in [1.82, 2.24) is 14.3 Å². The number of nitrogens with zero attached hydrogens (tertiary/aromatic N) is 3. The van der Waals surface area contributed by atoms with Crippen LogP contribution in [0, 0.1) is 0 Å². The van der Waals surface area contributed by atoms with E-state index in [2.05, 4.69) is 28.2 Å². The van der Waals surface area contributed by atoms with Gasteiger partial charge in [0.05, 0.1) is 5.69 Å². The van der Waals surface area contributed by atoms with Crippen molar-refractivity contribution < 1.29 is 4.74 Å². The first kappa shape index (κ1) is 15.2. The van der Waals surface area contributed by atoms with Crippen LogP contribution in [0.5, 0.6) is 5.75 Å². The summed E-state index contributed by atoms with van der Waals surface area (Å²) in [7, 11) is 0. The summed E-state index contributed by atoms with van der Waals surface area (Å²) >= 11 is 0. The number of benzene rings is 1.